The summed E-state index contributed by atoms with van der Waals surface area (Å²) in [6.07, 6.45) is 1.39. The molecule has 0 aliphatic carbocycles. The standard InChI is InChI=1S/C26H32F2N4O5S/c1-17-19(29-12-11-21(17)37-16-26(5,27)28)15-38(35)23-30-18-9-7-8-10-20(18)32(23)24(34)31(6)13-14-36-22(33)25(2,3)4/h7-12H,13-16H2,1-6H3/t38-/m1/s1. The summed E-state index contributed by atoms with van der Waals surface area (Å²) in [6, 6.07) is 7.85. The summed E-state index contributed by atoms with van der Waals surface area (Å²) in [7, 11) is -0.281. The lowest BCUT2D eigenvalue weighted by Crippen LogP contribution is -2.36. The maximum absolute atomic E-state index is 13.5. The lowest BCUT2D eigenvalue weighted by atomic mass is 9.97. The van der Waals surface area contributed by atoms with Crippen LogP contribution in [0.15, 0.2) is 41.7 Å². The predicted octanol–water partition coefficient (Wildman–Crippen LogP) is 4.57. The highest BCUT2D eigenvalue weighted by molar-refractivity contribution is 7.84. The van der Waals surface area contributed by atoms with Crippen molar-refractivity contribution in [1.29, 1.82) is 0 Å². The Morgan fingerprint density at radius 2 is 1.82 bits per heavy atom. The number of rotatable bonds is 9. The topological polar surface area (TPSA) is 104 Å². The van der Waals surface area contributed by atoms with Crippen molar-refractivity contribution in [3.05, 3.63) is 47.8 Å². The van der Waals surface area contributed by atoms with Crippen LogP contribution >= 0.6 is 0 Å². The molecule has 0 bridgehead atoms. The molecule has 0 fully saturated rings. The molecule has 3 rings (SSSR count). The molecule has 38 heavy (non-hydrogen) atoms. The zero-order valence-corrected chi connectivity index (χ0v) is 23.1. The number of hydrogen-bond acceptors (Lipinski definition) is 7. The maximum Gasteiger partial charge on any atom is 0.330 e. The molecule has 1 aromatic carbocycles. The van der Waals surface area contributed by atoms with Crippen LogP contribution in [0.3, 0.4) is 0 Å². The molecule has 0 radical (unpaired) electrons. The van der Waals surface area contributed by atoms with E-state index in [4.69, 9.17) is 9.47 Å². The van der Waals surface area contributed by atoms with Gasteiger partial charge in [-0.2, -0.15) is 0 Å². The van der Waals surface area contributed by atoms with Crippen molar-refractivity contribution < 1.29 is 32.1 Å². The number of imidazole rings is 1. The van der Waals surface area contributed by atoms with E-state index in [0.29, 0.717) is 22.3 Å². The molecule has 0 spiro atoms. The fourth-order valence-corrected chi connectivity index (χ4v) is 4.60. The molecular formula is C26H32F2N4O5S. The van der Waals surface area contributed by atoms with E-state index in [1.165, 1.54) is 21.7 Å². The number of pyridine rings is 1. The van der Waals surface area contributed by atoms with Gasteiger partial charge in [0.1, 0.15) is 12.4 Å². The second kappa shape index (κ2) is 11.5. The summed E-state index contributed by atoms with van der Waals surface area (Å²) in [5.74, 6) is -3.30. The number of aromatic nitrogens is 3. The first-order valence-electron chi connectivity index (χ1n) is 11.9. The molecule has 3 aromatic rings. The zero-order valence-electron chi connectivity index (χ0n) is 22.3. The van der Waals surface area contributed by atoms with Crippen LogP contribution in [-0.4, -0.2) is 68.4 Å². The molecule has 9 nitrogen and oxygen atoms in total. The van der Waals surface area contributed by atoms with Crippen LogP contribution in [0.25, 0.3) is 11.0 Å². The van der Waals surface area contributed by atoms with Gasteiger partial charge in [-0.05, 0) is 45.9 Å². The van der Waals surface area contributed by atoms with Crippen molar-refractivity contribution in [2.45, 2.75) is 51.5 Å². The molecule has 1 amide bonds. The average Bonchev–Trinajstić information content (AvgIpc) is 3.22. The van der Waals surface area contributed by atoms with Crippen molar-refractivity contribution in [2.24, 2.45) is 5.41 Å². The average molecular weight is 551 g/mol. The van der Waals surface area contributed by atoms with E-state index < -0.39 is 34.8 Å². The van der Waals surface area contributed by atoms with Gasteiger partial charge in [0.15, 0.2) is 6.61 Å². The molecule has 0 saturated heterocycles. The molecule has 2 aromatic heterocycles. The molecule has 0 aliphatic rings. The van der Waals surface area contributed by atoms with Crippen LogP contribution < -0.4 is 4.74 Å². The second-order valence-corrected chi connectivity index (χ2v) is 11.4. The molecule has 0 unspecified atom stereocenters. The lowest BCUT2D eigenvalue weighted by molar-refractivity contribution is -0.153. The first-order chi connectivity index (χ1) is 17.7. The van der Waals surface area contributed by atoms with Gasteiger partial charge in [0.05, 0.1) is 45.2 Å². The van der Waals surface area contributed by atoms with Crippen LogP contribution in [0.2, 0.25) is 0 Å². The highest BCUT2D eigenvalue weighted by atomic mass is 32.2. The quantitative estimate of drug-likeness (QED) is 0.360. The van der Waals surface area contributed by atoms with Crippen LogP contribution in [0.5, 0.6) is 5.75 Å². The van der Waals surface area contributed by atoms with Gasteiger partial charge in [-0.3, -0.25) is 14.0 Å². The number of para-hydroxylation sites is 2. The van der Waals surface area contributed by atoms with Gasteiger partial charge in [-0.25, -0.2) is 23.1 Å². The number of esters is 1. The Balaban J connectivity index is 1.85. The first-order valence-corrected chi connectivity index (χ1v) is 13.2. The van der Waals surface area contributed by atoms with E-state index in [9.17, 15) is 22.6 Å². The number of carbonyl (C=O) groups excluding carboxylic acids is 2. The van der Waals surface area contributed by atoms with Crippen molar-refractivity contribution in [1.82, 2.24) is 19.4 Å². The predicted molar refractivity (Wildman–Crippen MR) is 139 cm³/mol. The molecule has 206 valence electrons. The summed E-state index contributed by atoms with van der Waals surface area (Å²) in [6.45, 7) is 6.91. The number of nitrogens with zero attached hydrogens (tertiary/aromatic N) is 4. The third-order valence-corrected chi connectivity index (χ3v) is 6.75. The summed E-state index contributed by atoms with van der Waals surface area (Å²) < 4.78 is 51.8. The molecule has 1 atom stereocenters. The van der Waals surface area contributed by atoms with E-state index in [2.05, 4.69) is 9.97 Å². The second-order valence-electron chi connectivity index (χ2n) is 10.0. The lowest BCUT2D eigenvalue weighted by Gasteiger charge is -2.21. The number of alkyl halides is 2. The van der Waals surface area contributed by atoms with E-state index in [0.717, 1.165) is 6.92 Å². The zero-order chi connectivity index (χ0) is 28.3. The van der Waals surface area contributed by atoms with E-state index in [-0.39, 0.29) is 35.8 Å². The normalized spacial score (nSPS) is 12.8. The summed E-state index contributed by atoms with van der Waals surface area (Å²) >= 11 is 0. The minimum absolute atomic E-state index is 0.00386. The van der Waals surface area contributed by atoms with Crippen LogP contribution in [0.4, 0.5) is 13.6 Å². The van der Waals surface area contributed by atoms with Crippen molar-refractivity contribution >= 4 is 33.8 Å². The van der Waals surface area contributed by atoms with Crippen molar-refractivity contribution in [2.75, 3.05) is 26.8 Å². The molecule has 2 heterocycles. The van der Waals surface area contributed by atoms with Gasteiger partial charge >= 0.3 is 12.0 Å². The molecular weight excluding hydrogens is 518 g/mol. The Morgan fingerprint density at radius 1 is 1.13 bits per heavy atom. The highest BCUT2D eigenvalue weighted by Crippen LogP contribution is 2.26. The summed E-state index contributed by atoms with van der Waals surface area (Å²) in [4.78, 5) is 35.5. The molecule has 0 aliphatic heterocycles. The number of halogens is 2. The van der Waals surface area contributed by atoms with Gasteiger partial charge in [-0.1, -0.05) is 12.1 Å². The minimum atomic E-state index is -3.01. The van der Waals surface area contributed by atoms with Crippen LogP contribution in [0.1, 0.15) is 39.0 Å². The smallest absolute Gasteiger partial charge is 0.330 e. The number of likely N-dealkylation sites (N-methyl/N-ethyl adjacent to an activating group) is 1. The van der Waals surface area contributed by atoms with Gasteiger partial charge in [0.2, 0.25) is 5.16 Å². The van der Waals surface area contributed by atoms with Crippen LogP contribution in [-0.2, 0) is 26.1 Å². The van der Waals surface area contributed by atoms with Crippen molar-refractivity contribution in [3.8, 4) is 5.75 Å². The summed E-state index contributed by atoms with van der Waals surface area (Å²) in [5, 5.41) is 0.0161. The number of hydrogen-bond donors (Lipinski definition) is 0. The third kappa shape index (κ3) is 7.12. The third-order valence-electron chi connectivity index (χ3n) is 5.53. The largest absolute Gasteiger partial charge is 0.487 e. The maximum atomic E-state index is 13.5. The fourth-order valence-electron chi connectivity index (χ4n) is 3.35. The van der Waals surface area contributed by atoms with E-state index >= 15 is 0 Å². The number of ether oxygens (including phenoxy) is 2. The number of carbonyl (C=O) groups is 2. The fraction of sp³-hybridized carbons (Fsp3) is 0.462. The minimum Gasteiger partial charge on any atom is -0.487 e. The summed E-state index contributed by atoms with van der Waals surface area (Å²) in [5.41, 5.74) is 1.11. The highest BCUT2D eigenvalue weighted by Gasteiger charge is 2.27. The Hall–Kier alpha value is -3.41. The number of amides is 1. The molecule has 0 saturated carbocycles. The Kier molecular flexibility index (Phi) is 8.86. The van der Waals surface area contributed by atoms with E-state index in [1.807, 2.05) is 0 Å². The number of fused-ring (bicyclic) bond motifs is 1. The Morgan fingerprint density at radius 3 is 2.47 bits per heavy atom. The molecule has 0 N–H and O–H groups in total. The van der Waals surface area contributed by atoms with Gasteiger partial charge in [-0.15, -0.1) is 0 Å². The van der Waals surface area contributed by atoms with E-state index in [1.54, 1.807) is 59.0 Å². The monoisotopic (exact) mass is 550 g/mol. The Bertz CT molecular complexity index is 1350. The Labute approximate surface area is 222 Å². The van der Waals surface area contributed by atoms with Crippen molar-refractivity contribution in [3.63, 3.8) is 0 Å². The first kappa shape index (κ1) is 29.2. The molecule has 12 heteroatoms. The van der Waals surface area contributed by atoms with Crippen LogP contribution in [0, 0.1) is 12.3 Å². The number of benzene rings is 1. The van der Waals surface area contributed by atoms with Gasteiger partial charge in [0, 0.05) is 25.7 Å². The SMILES string of the molecule is Cc1c(OCC(C)(F)F)ccnc1C[S@@](=O)c1nc2ccccc2n1C(=O)N(C)CCOC(=O)C(C)(C)C. The van der Waals surface area contributed by atoms with Gasteiger partial charge < -0.3 is 14.4 Å². The van der Waals surface area contributed by atoms with Gasteiger partial charge in [0.25, 0.3) is 5.92 Å².